The third-order valence-electron chi connectivity index (χ3n) is 1.47. The van der Waals surface area contributed by atoms with E-state index in [1.165, 1.54) is 16.7 Å². The molecule has 3 heteroatoms. The van der Waals surface area contributed by atoms with Crippen molar-refractivity contribution in [2.24, 2.45) is 0 Å². The second-order valence-electron chi connectivity index (χ2n) is 3.15. The Hall–Kier alpha value is -0.530. The molecule has 0 saturated heterocycles. The molecule has 78 valence electrons. The fraction of sp³-hybridized carbons (Fsp3) is 0.364. The predicted molar refractivity (Wildman–Crippen MR) is 62.2 cm³/mol. The third-order valence-corrected chi connectivity index (χ3v) is 1.98. The first-order valence-electron chi connectivity index (χ1n) is 4.25. The van der Waals surface area contributed by atoms with Gasteiger partial charge in [-0.05, 0) is 32.4 Å². The predicted octanol–water partition coefficient (Wildman–Crippen LogP) is 3.60. The molecule has 14 heavy (non-hydrogen) atoms. The van der Waals surface area contributed by atoms with Gasteiger partial charge in [0.2, 0.25) is 5.24 Å². The van der Waals surface area contributed by atoms with Gasteiger partial charge in [-0.15, -0.1) is 11.6 Å². The molecule has 0 atom stereocenters. The molecule has 1 aromatic carbocycles. The van der Waals surface area contributed by atoms with Crippen LogP contribution < -0.4 is 0 Å². The molecule has 0 spiro atoms. The van der Waals surface area contributed by atoms with Crippen molar-refractivity contribution < 1.29 is 4.79 Å². The van der Waals surface area contributed by atoms with Crippen LogP contribution in [0.25, 0.3) is 0 Å². The van der Waals surface area contributed by atoms with Crippen LogP contribution in [0.5, 0.6) is 0 Å². The van der Waals surface area contributed by atoms with Crippen molar-refractivity contribution in [3.63, 3.8) is 0 Å². The maximum atomic E-state index is 9.45. The number of hydrogen-bond acceptors (Lipinski definition) is 1. The summed E-state index contributed by atoms with van der Waals surface area (Å²) in [7, 11) is 0. The molecule has 0 unspecified atom stereocenters. The SMILES string of the molecule is Cc1cc(C)cc(C)c1.O=C(Cl)CCl. The van der Waals surface area contributed by atoms with E-state index in [2.05, 4.69) is 39.0 Å². The first-order valence-corrected chi connectivity index (χ1v) is 5.16. The topological polar surface area (TPSA) is 17.1 Å². The summed E-state index contributed by atoms with van der Waals surface area (Å²) in [5, 5.41) is -0.508. The van der Waals surface area contributed by atoms with Crippen LogP contribution in [0.1, 0.15) is 16.7 Å². The van der Waals surface area contributed by atoms with E-state index in [1.807, 2.05) is 0 Å². The van der Waals surface area contributed by atoms with E-state index in [0.29, 0.717) is 0 Å². The van der Waals surface area contributed by atoms with Gasteiger partial charge < -0.3 is 0 Å². The Kier molecular flexibility index (Phi) is 6.60. The van der Waals surface area contributed by atoms with Gasteiger partial charge in [0, 0.05) is 0 Å². The van der Waals surface area contributed by atoms with E-state index in [-0.39, 0.29) is 5.88 Å². The van der Waals surface area contributed by atoms with E-state index in [4.69, 9.17) is 23.2 Å². The minimum absolute atomic E-state index is 0.0957. The summed E-state index contributed by atoms with van der Waals surface area (Å²) >= 11 is 9.55. The molecule has 0 aliphatic carbocycles. The van der Waals surface area contributed by atoms with E-state index < -0.39 is 5.24 Å². The Balaban J connectivity index is 0.000000292. The average Bonchev–Trinajstić information content (AvgIpc) is 2.02. The van der Waals surface area contributed by atoms with E-state index in [9.17, 15) is 4.79 Å². The molecule has 0 N–H and O–H groups in total. The summed E-state index contributed by atoms with van der Waals surface area (Å²) in [6.07, 6.45) is 0. The van der Waals surface area contributed by atoms with Gasteiger partial charge in [0.05, 0.1) is 5.88 Å². The maximum absolute atomic E-state index is 9.45. The molecular formula is C11H14Cl2O. The average molecular weight is 233 g/mol. The number of hydrogen-bond donors (Lipinski definition) is 0. The van der Waals surface area contributed by atoms with E-state index in [1.54, 1.807) is 0 Å². The Morgan fingerprint density at radius 2 is 1.29 bits per heavy atom. The van der Waals surface area contributed by atoms with Crippen LogP contribution in [0.3, 0.4) is 0 Å². The van der Waals surface area contributed by atoms with Crippen LogP contribution in [-0.2, 0) is 4.79 Å². The van der Waals surface area contributed by atoms with Gasteiger partial charge in [-0.1, -0.05) is 34.9 Å². The van der Waals surface area contributed by atoms with Gasteiger partial charge in [0.15, 0.2) is 0 Å². The second-order valence-corrected chi connectivity index (χ2v) is 3.84. The Labute approximate surface area is 95.0 Å². The van der Waals surface area contributed by atoms with Crippen LogP contribution in [0.15, 0.2) is 18.2 Å². The fourth-order valence-corrected chi connectivity index (χ4v) is 1.20. The highest BCUT2D eigenvalue weighted by Crippen LogP contribution is 2.06. The smallest absolute Gasteiger partial charge is 0.236 e. The van der Waals surface area contributed by atoms with Crippen molar-refractivity contribution in [3.8, 4) is 0 Å². The largest absolute Gasteiger partial charge is 0.280 e. The molecule has 0 amide bonds. The molecule has 1 nitrogen and oxygen atoms in total. The van der Waals surface area contributed by atoms with Crippen LogP contribution in [0.4, 0.5) is 0 Å². The number of aryl methyl sites for hydroxylation is 3. The summed E-state index contributed by atoms with van der Waals surface area (Å²) < 4.78 is 0. The van der Waals surface area contributed by atoms with Gasteiger partial charge in [0.25, 0.3) is 0 Å². The number of carbonyl (C=O) groups excluding carboxylic acids is 1. The van der Waals surface area contributed by atoms with Crippen LogP contribution in [0, 0.1) is 20.8 Å². The highest BCUT2D eigenvalue weighted by molar-refractivity contribution is 6.67. The number of benzene rings is 1. The Morgan fingerprint density at radius 3 is 1.43 bits per heavy atom. The second kappa shape index (κ2) is 6.86. The van der Waals surface area contributed by atoms with E-state index >= 15 is 0 Å². The zero-order valence-electron chi connectivity index (χ0n) is 8.60. The molecule has 1 aromatic rings. The van der Waals surface area contributed by atoms with Gasteiger partial charge in [0.1, 0.15) is 0 Å². The minimum atomic E-state index is -0.508. The number of alkyl halides is 1. The lowest BCUT2D eigenvalue weighted by Gasteiger charge is -1.96. The molecule has 0 radical (unpaired) electrons. The monoisotopic (exact) mass is 232 g/mol. The molecule has 0 aliphatic heterocycles. The molecular weight excluding hydrogens is 219 g/mol. The van der Waals surface area contributed by atoms with Crippen molar-refractivity contribution in [1.82, 2.24) is 0 Å². The highest BCUT2D eigenvalue weighted by Gasteiger charge is 1.87. The van der Waals surface area contributed by atoms with Gasteiger partial charge in [-0.25, -0.2) is 0 Å². The number of rotatable bonds is 1. The first-order chi connectivity index (χ1) is 6.45. The van der Waals surface area contributed by atoms with Gasteiger partial charge >= 0.3 is 0 Å². The lowest BCUT2D eigenvalue weighted by Crippen LogP contribution is -1.81. The zero-order chi connectivity index (χ0) is 11.1. The Morgan fingerprint density at radius 1 is 1.07 bits per heavy atom. The normalized spacial score (nSPS) is 8.93. The van der Waals surface area contributed by atoms with Crippen molar-refractivity contribution in [2.45, 2.75) is 20.8 Å². The Bertz CT molecular complexity index is 258. The quantitative estimate of drug-likeness (QED) is 0.535. The lowest BCUT2D eigenvalue weighted by atomic mass is 10.1. The standard InChI is InChI=1S/C9H12.C2H2Cl2O/c1-7-4-8(2)6-9(3)5-7;3-1-2(4)5/h4-6H,1-3H3;1H2. The van der Waals surface area contributed by atoms with Crippen LogP contribution in [-0.4, -0.2) is 11.1 Å². The number of halogens is 2. The summed E-state index contributed by atoms with van der Waals surface area (Å²) in [5.41, 5.74) is 4.06. The van der Waals surface area contributed by atoms with Crippen molar-refractivity contribution in [1.29, 1.82) is 0 Å². The highest BCUT2D eigenvalue weighted by atomic mass is 35.5. The minimum Gasteiger partial charge on any atom is -0.280 e. The molecule has 0 heterocycles. The van der Waals surface area contributed by atoms with Crippen molar-refractivity contribution in [3.05, 3.63) is 34.9 Å². The van der Waals surface area contributed by atoms with Crippen molar-refractivity contribution in [2.75, 3.05) is 5.88 Å². The van der Waals surface area contributed by atoms with Crippen molar-refractivity contribution >= 4 is 28.4 Å². The third kappa shape index (κ3) is 6.93. The molecule has 0 aliphatic rings. The summed E-state index contributed by atoms with van der Waals surface area (Å²) in [6.45, 7) is 6.38. The summed E-state index contributed by atoms with van der Waals surface area (Å²) in [5.74, 6) is -0.0957. The van der Waals surface area contributed by atoms with E-state index in [0.717, 1.165) is 0 Å². The zero-order valence-corrected chi connectivity index (χ0v) is 10.1. The molecule has 0 aromatic heterocycles. The first kappa shape index (κ1) is 13.5. The van der Waals surface area contributed by atoms with Crippen LogP contribution in [0.2, 0.25) is 0 Å². The molecule has 0 fully saturated rings. The summed E-state index contributed by atoms with van der Waals surface area (Å²) in [4.78, 5) is 9.45. The van der Waals surface area contributed by atoms with Gasteiger partial charge in [-0.3, -0.25) is 4.79 Å². The molecule has 1 rings (SSSR count). The van der Waals surface area contributed by atoms with Crippen LogP contribution >= 0.6 is 23.2 Å². The maximum Gasteiger partial charge on any atom is 0.236 e. The van der Waals surface area contributed by atoms with Gasteiger partial charge in [-0.2, -0.15) is 0 Å². The fourth-order valence-electron chi connectivity index (χ4n) is 1.20. The summed E-state index contributed by atoms with van der Waals surface area (Å²) in [6, 6.07) is 6.56. The number of carbonyl (C=O) groups is 1. The molecule has 0 saturated carbocycles. The lowest BCUT2D eigenvalue weighted by molar-refractivity contribution is -0.109. The molecule has 0 bridgehead atoms.